The van der Waals surface area contributed by atoms with Gasteiger partial charge in [-0.25, -0.2) is 0 Å². The van der Waals surface area contributed by atoms with Crippen LogP contribution in [0.1, 0.15) is 31.2 Å². The minimum absolute atomic E-state index is 0.881. The third-order valence-corrected chi connectivity index (χ3v) is 5.70. The molecule has 30 heavy (non-hydrogen) atoms. The van der Waals surface area contributed by atoms with Crippen LogP contribution in [0.25, 0.3) is 0 Å². The first-order valence-corrected chi connectivity index (χ1v) is 12.3. The first-order chi connectivity index (χ1) is 14.8. The Morgan fingerprint density at radius 1 is 0.700 bits per heavy atom. The number of fused-ring (bicyclic) bond motifs is 2. The van der Waals surface area contributed by atoms with Gasteiger partial charge in [-0.2, -0.15) is 0 Å². The summed E-state index contributed by atoms with van der Waals surface area (Å²) in [6, 6.07) is 16.3. The number of allylic oxidation sites excluding steroid dienone is 2. The molecule has 0 saturated heterocycles. The average molecular weight is 530 g/mol. The van der Waals surface area contributed by atoms with Gasteiger partial charge in [-0.3, -0.25) is 9.98 Å². The lowest BCUT2D eigenvalue weighted by Crippen LogP contribution is -2.00. The fourth-order valence-corrected chi connectivity index (χ4v) is 3.51. The number of benzene rings is 2. The van der Waals surface area contributed by atoms with E-state index in [0.717, 1.165) is 70.2 Å². The molecule has 2 aromatic rings. The predicted octanol–water partition coefficient (Wildman–Crippen LogP) is 7.42. The van der Waals surface area contributed by atoms with Crippen LogP contribution in [-0.2, 0) is 0 Å². The van der Waals surface area contributed by atoms with Crippen LogP contribution in [0.4, 0.5) is 17.1 Å². The van der Waals surface area contributed by atoms with E-state index in [1.54, 1.807) is 0 Å². The molecule has 6 heteroatoms. The number of hydrogen-bond donors (Lipinski definition) is 2. The van der Waals surface area contributed by atoms with Crippen molar-refractivity contribution < 1.29 is 0 Å². The number of aliphatic imine (C=N–C) groups is 2. The third kappa shape index (κ3) is 6.96. The number of nitrogens with one attached hydrogen (secondary N) is 2. The second kappa shape index (κ2) is 12.5. The highest BCUT2D eigenvalue weighted by Gasteiger charge is 2.04. The van der Waals surface area contributed by atoms with Crippen molar-refractivity contribution in [3.63, 3.8) is 0 Å². The van der Waals surface area contributed by atoms with Crippen LogP contribution in [0, 0.1) is 0 Å². The van der Waals surface area contributed by atoms with Crippen molar-refractivity contribution in [2.45, 2.75) is 25.7 Å². The van der Waals surface area contributed by atoms with E-state index in [2.05, 4.69) is 54.6 Å². The van der Waals surface area contributed by atoms with E-state index in [0.29, 0.717) is 0 Å². The van der Waals surface area contributed by atoms with Gasteiger partial charge in [0.25, 0.3) is 0 Å². The largest absolute Gasteiger partial charge is 0.360 e. The molecule has 0 aromatic heterocycles. The van der Waals surface area contributed by atoms with E-state index in [-0.39, 0.29) is 0 Å². The van der Waals surface area contributed by atoms with E-state index < -0.39 is 0 Å². The first-order valence-electron chi connectivity index (χ1n) is 10.1. The molecule has 2 aromatic carbocycles. The Labute approximate surface area is 195 Å². The molecule has 1 heterocycles. The van der Waals surface area contributed by atoms with Gasteiger partial charge in [0.05, 0.1) is 22.8 Å². The quantitative estimate of drug-likeness (QED) is 0.382. The molecule has 156 valence electrons. The van der Waals surface area contributed by atoms with Crippen LogP contribution in [-0.4, -0.2) is 23.1 Å². The summed E-state index contributed by atoms with van der Waals surface area (Å²) in [6.45, 7) is 0. The van der Waals surface area contributed by atoms with Crippen molar-refractivity contribution in [3.05, 3.63) is 77.8 Å². The maximum Gasteiger partial charge on any atom is 0.0717 e. The highest BCUT2D eigenvalue weighted by atomic mass is 79.9. The van der Waals surface area contributed by atoms with Gasteiger partial charge in [-0.15, -0.1) is 0 Å². The molecule has 4 nitrogen and oxygen atoms in total. The van der Waals surface area contributed by atoms with Gasteiger partial charge in [-0.05, 0) is 49.5 Å². The summed E-state index contributed by atoms with van der Waals surface area (Å²) >= 11 is 7.04. The number of nitrogens with zero attached hydrogens (tertiary/aromatic N) is 2. The monoisotopic (exact) mass is 528 g/mol. The minimum Gasteiger partial charge on any atom is -0.360 e. The molecule has 0 aliphatic carbocycles. The van der Waals surface area contributed by atoms with Crippen molar-refractivity contribution in [1.29, 1.82) is 0 Å². The molecule has 0 radical (unpaired) electrons. The normalized spacial score (nSPS) is 17.3. The summed E-state index contributed by atoms with van der Waals surface area (Å²) in [4.78, 5) is 9.54. The van der Waals surface area contributed by atoms with Crippen LogP contribution in [0.15, 0.2) is 82.2 Å². The fourth-order valence-electron chi connectivity index (χ4n) is 2.95. The van der Waals surface area contributed by atoms with Crippen LogP contribution < -0.4 is 10.6 Å². The topological polar surface area (TPSA) is 48.8 Å². The number of anilines is 2. The van der Waals surface area contributed by atoms with E-state index in [4.69, 9.17) is 9.98 Å². The number of hydrogen-bond acceptors (Lipinski definition) is 4. The van der Waals surface area contributed by atoms with Crippen molar-refractivity contribution in [3.8, 4) is 0 Å². The van der Waals surface area contributed by atoms with Gasteiger partial charge in [0, 0.05) is 41.1 Å². The standard InChI is InChI=1S/C24H26Br2N4/c25-13-5-7-19-15-28-22-10-2-1-8-20(22)17-27-21(9-6-14-26)18-30-24-12-4-3-11-23(24)29-16-19/h1-4,8,10-12,15-18,29-30H,5-7,9,13-14H2/b19-16-,21-18+,27-17?,28-15?. The second-order valence-corrected chi connectivity index (χ2v) is 8.44. The Bertz CT molecular complexity index is 872. The molecule has 0 amide bonds. The highest BCUT2D eigenvalue weighted by molar-refractivity contribution is 9.09. The molecule has 0 saturated carbocycles. The lowest BCUT2D eigenvalue weighted by molar-refractivity contribution is 0.908. The molecule has 0 spiro atoms. The lowest BCUT2D eigenvalue weighted by Gasteiger charge is -2.12. The number of rotatable bonds is 6. The molecule has 0 fully saturated rings. The summed E-state index contributed by atoms with van der Waals surface area (Å²) in [7, 11) is 0. The van der Waals surface area contributed by atoms with Crippen molar-refractivity contribution in [1.82, 2.24) is 0 Å². The van der Waals surface area contributed by atoms with Crippen molar-refractivity contribution in [2.75, 3.05) is 21.3 Å². The Hall–Kier alpha value is -2.18. The van der Waals surface area contributed by atoms with Crippen LogP contribution in [0.3, 0.4) is 0 Å². The molecule has 0 atom stereocenters. The summed E-state index contributed by atoms with van der Waals surface area (Å²) < 4.78 is 0. The van der Waals surface area contributed by atoms with Gasteiger partial charge in [-0.1, -0.05) is 62.2 Å². The molecule has 0 unspecified atom stereocenters. The first kappa shape index (κ1) is 22.5. The van der Waals surface area contributed by atoms with Gasteiger partial charge in [0.2, 0.25) is 0 Å². The van der Waals surface area contributed by atoms with Gasteiger partial charge < -0.3 is 10.6 Å². The Kier molecular flexibility index (Phi) is 9.38. The zero-order valence-electron chi connectivity index (χ0n) is 16.8. The van der Waals surface area contributed by atoms with E-state index >= 15 is 0 Å². The van der Waals surface area contributed by atoms with Crippen molar-refractivity contribution in [2.24, 2.45) is 9.98 Å². The van der Waals surface area contributed by atoms with E-state index in [1.165, 1.54) is 0 Å². The van der Waals surface area contributed by atoms with E-state index in [9.17, 15) is 0 Å². The molecule has 3 rings (SSSR count). The van der Waals surface area contributed by atoms with Crippen molar-refractivity contribution >= 4 is 61.4 Å². The van der Waals surface area contributed by atoms with Crippen LogP contribution >= 0.6 is 31.9 Å². The maximum absolute atomic E-state index is 4.77. The van der Waals surface area contributed by atoms with Gasteiger partial charge in [0.15, 0.2) is 0 Å². The molecule has 1 aliphatic rings. The number of para-hydroxylation sites is 3. The summed E-state index contributed by atoms with van der Waals surface area (Å²) in [5, 5.41) is 8.79. The summed E-state index contributed by atoms with van der Waals surface area (Å²) in [6.07, 6.45) is 11.8. The van der Waals surface area contributed by atoms with Crippen LogP contribution in [0.5, 0.6) is 0 Å². The second-order valence-electron chi connectivity index (χ2n) is 6.85. The third-order valence-electron chi connectivity index (χ3n) is 4.58. The zero-order valence-corrected chi connectivity index (χ0v) is 20.0. The lowest BCUT2D eigenvalue weighted by atomic mass is 10.1. The zero-order chi connectivity index (χ0) is 21.0. The van der Waals surface area contributed by atoms with Crippen LogP contribution in [0.2, 0.25) is 0 Å². The Balaban J connectivity index is 2.01. The Morgan fingerprint density at radius 2 is 1.37 bits per heavy atom. The summed E-state index contributed by atoms with van der Waals surface area (Å²) in [5.41, 5.74) is 6.07. The predicted molar refractivity (Wildman–Crippen MR) is 138 cm³/mol. The Morgan fingerprint density at radius 3 is 2.13 bits per heavy atom. The fraction of sp³-hybridized carbons (Fsp3) is 0.250. The minimum atomic E-state index is 0.881. The smallest absolute Gasteiger partial charge is 0.0717 e. The molecular weight excluding hydrogens is 504 g/mol. The van der Waals surface area contributed by atoms with Gasteiger partial charge >= 0.3 is 0 Å². The van der Waals surface area contributed by atoms with Gasteiger partial charge in [0.1, 0.15) is 0 Å². The molecule has 0 bridgehead atoms. The molecule has 2 N–H and O–H groups in total. The molecular formula is C24H26Br2N4. The summed E-state index contributed by atoms with van der Waals surface area (Å²) in [5.74, 6) is 0. The van der Waals surface area contributed by atoms with E-state index in [1.807, 2.05) is 61.2 Å². The molecule has 1 aliphatic heterocycles. The SMILES string of the molecule is BrCCC/C1=C/Nc2ccccc2N/C=C(\CCCBr)N=Cc2ccccc2N=C1. The number of alkyl halides is 2. The maximum atomic E-state index is 4.77. The highest BCUT2D eigenvalue weighted by Crippen LogP contribution is 2.24. The average Bonchev–Trinajstić information content (AvgIpc) is 2.79. The number of halogens is 2.